The Labute approximate surface area is 162 Å². The van der Waals surface area contributed by atoms with Crippen molar-refractivity contribution in [3.63, 3.8) is 0 Å². The SMILES string of the molecule is CCc1cn(-c2cc(C)nc(C3CCOC3)n2)c2cc(NC(=O)OC)ncc12. The number of carbonyl (C=O) groups excluding carboxylic acids is 1. The maximum Gasteiger partial charge on any atom is 0.412 e. The third kappa shape index (κ3) is 3.43. The van der Waals surface area contributed by atoms with Crippen LogP contribution in [-0.2, 0) is 15.9 Å². The highest BCUT2D eigenvalue weighted by atomic mass is 16.5. The van der Waals surface area contributed by atoms with E-state index in [-0.39, 0.29) is 5.92 Å². The molecule has 8 nitrogen and oxygen atoms in total. The summed E-state index contributed by atoms with van der Waals surface area (Å²) in [5.41, 5.74) is 2.99. The average Bonchev–Trinajstić information content (AvgIpc) is 3.35. The first-order valence-electron chi connectivity index (χ1n) is 9.37. The van der Waals surface area contributed by atoms with Gasteiger partial charge in [0.25, 0.3) is 0 Å². The highest BCUT2D eigenvalue weighted by Crippen LogP contribution is 2.28. The first-order valence-corrected chi connectivity index (χ1v) is 9.37. The normalized spacial score (nSPS) is 16.5. The van der Waals surface area contributed by atoms with Crippen LogP contribution in [0.4, 0.5) is 10.6 Å². The first kappa shape index (κ1) is 18.4. The molecule has 8 heteroatoms. The Hall–Kier alpha value is -3.00. The molecule has 0 spiro atoms. The van der Waals surface area contributed by atoms with Crippen molar-refractivity contribution in [3.05, 3.63) is 41.6 Å². The number of aromatic nitrogens is 4. The summed E-state index contributed by atoms with van der Waals surface area (Å²) in [5.74, 6) is 2.27. The van der Waals surface area contributed by atoms with Crippen molar-refractivity contribution in [2.75, 3.05) is 25.6 Å². The summed E-state index contributed by atoms with van der Waals surface area (Å²) in [6.07, 6.45) is 5.09. The van der Waals surface area contributed by atoms with Gasteiger partial charge in [-0.05, 0) is 25.3 Å². The zero-order chi connectivity index (χ0) is 19.7. The number of hydrogen-bond donors (Lipinski definition) is 1. The van der Waals surface area contributed by atoms with Crippen molar-refractivity contribution in [2.24, 2.45) is 0 Å². The molecule has 1 unspecified atom stereocenters. The number of aryl methyl sites for hydroxylation is 2. The van der Waals surface area contributed by atoms with Gasteiger partial charge in [-0.1, -0.05) is 6.92 Å². The summed E-state index contributed by atoms with van der Waals surface area (Å²) in [4.78, 5) is 25.3. The Balaban J connectivity index is 1.83. The van der Waals surface area contributed by atoms with Gasteiger partial charge in [-0.15, -0.1) is 0 Å². The average molecular weight is 381 g/mol. The fourth-order valence-electron chi connectivity index (χ4n) is 3.50. The molecule has 146 valence electrons. The number of carbonyl (C=O) groups is 1. The monoisotopic (exact) mass is 381 g/mol. The highest BCUT2D eigenvalue weighted by Gasteiger charge is 2.22. The Kier molecular flexibility index (Phi) is 4.95. The second kappa shape index (κ2) is 7.55. The lowest BCUT2D eigenvalue weighted by Crippen LogP contribution is -2.12. The molecular formula is C20H23N5O3. The molecule has 1 fully saturated rings. The quantitative estimate of drug-likeness (QED) is 0.745. The number of methoxy groups -OCH3 is 1. The summed E-state index contributed by atoms with van der Waals surface area (Å²) < 4.78 is 12.2. The molecule has 1 amide bonds. The molecule has 0 bridgehead atoms. The van der Waals surface area contributed by atoms with Crippen LogP contribution in [0.3, 0.4) is 0 Å². The number of rotatable bonds is 4. The summed E-state index contributed by atoms with van der Waals surface area (Å²) in [6.45, 7) is 5.49. The van der Waals surface area contributed by atoms with Crippen molar-refractivity contribution < 1.29 is 14.3 Å². The van der Waals surface area contributed by atoms with Gasteiger partial charge in [0, 0.05) is 48.1 Å². The van der Waals surface area contributed by atoms with E-state index in [9.17, 15) is 4.79 Å². The fourth-order valence-corrected chi connectivity index (χ4v) is 3.50. The highest BCUT2D eigenvalue weighted by molar-refractivity contribution is 5.90. The summed E-state index contributed by atoms with van der Waals surface area (Å²) in [7, 11) is 1.32. The standard InChI is InChI=1S/C20H23N5O3/c1-4-13-10-25(16-8-17(21-9-15(13)16)23-20(26)27-3)18-7-12(2)22-19(24-18)14-5-6-28-11-14/h7-10,14H,4-6,11H2,1-3H3,(H,21,23,26). The van der Waals surface area contributed by atoms with Gasteiger partial charge in [-0.2, -0.15) is 0 Å². The Morgan fingerprint density at radius 1 is 1.39 bits per heavy atom. The molecule has 1 N–H and O–H groups in total. The largest absolute Gasteiger partial charge is 0.453 e. The smallest absolute Gasteiger partial charge is 0.412 e. The van der Waals surface area contributed by atoms with Gasteiger partial charge in [0.2, 0.25) is 0 Å². The van der Waals surface area contributed by atoms with Gasteiger partial charge in [0.15, 0.2) is 0 Å². The zero-order valence-electron chi connectivity index (χ0n) is 16.2. The van der Waals surface area contributed by atoms with Crippen molar-refractivity contribution >= 4 is 22.8 Å². The minimum atomic E-state index is -0.554. The number of pyridine rings is 1. The van der Waals surface area contributed by atoms with Crippen LogP contribution in [-0.4, -0.2) is 45.9 Å². The van der Waals surface area contributed by atoms with Gasteiger partial charge in [-0.25, -0.2) is 19.7 Å². The maximum atomic E-state index is 11.6. The van der Waals surface area contributed by atoms with Crippen LogP contribution in [0.2, 0.25) is 0 Å². The zero-order valence-corrected chi connectivity index (χ0v) is 16.2. The fraction of sp³-hybridized carbons (Fsp3) is 0.400. The predicted molar refractivity (Wildman–Crippen MR) is 105 cm³/mol. The van der Waals surface area contributed by atoms with Crippen molar-refractivity contribution in [1.29, 1.82) is 0 Å². The molecule has 0 radical (unpaired) electrons. The molecule has 0 saturated carbocycles. The van der Waals surface area contributed by atoms with Gasteiger partial charge < -0.3 is 14.0 Å². The minimum Gasteiger partial charge on any atom is -0.453 e. The third-order valence-corrected chi connectivity index (χ3v) is 4.97. The Bertz CT molecular complexity index is 1020. The predicted octanol–water partition coefficient (Wildman–Crippen LogP) is 3.37. The number of nitrogens with zero attached hydrogens (tertiary/aromatic N) is 4. The molecule has 1 saturated heterocycles. The van der Waals surface area contributed by atoms with Crippen molar-refractivity contribution in [3.8, 4) is 5.82 Å². The number of ether oxygens (including phenoxy) is 2. The number of fused-ring (bicyclic) bond motifs is 1. The summed E-state index contributed by atoms with van der Waals surface area (Å²) in [5, 5.41) is 3.65. The lowest BCUT2D eigenvalue weighted by atomic mass is 10.1. The van der Waals surface area contributed by atoms with E-state index in [1.165, 1.54) is 7.11 Å². The number of amides is 1. The summed E-state index contributed by atoms with van der Waals surface area (Å²) >= 11 is 0. The van der Waals surface area contributed by atoms with E-state index in [1.54, 1.807) is 6.20 Å². The lowest BCUT2D eigenvalue weighted by Gasteiger charge is -2.11. The van der Waals surface area contributed by atoms with Gasteiger partial charge in [0.1, 0.15) is 17.5 Å². The molecule has 3 aromatic heterocycles. The Morgan fingerprint density at radius 3 is 2.96 bits per heavy atom. The van der Waals surface area contributed by atoms with E-state index in [1.807, 2.05) is 23.6 Å². The minimum absolute atomic E-state index is 0.226. The van der Waals surface area contributed by atoms with E-state index in [4.69, 9.17) is 9.72 Å². The molecule has 4 rings (SSSR count). The first-order chi connectivity index (χ1) is 13.6. The van der Waals surface area contributed by atoms with Gasteiger partial charge >= 0.3 is 6.09 Å². The van der Waals surface area contributed by atoms with Crippen LogP contribution in [0, 0.1) is 6.92 Å². The molecule has 1 atom stereocenters. The Morgan fingerprint density at radius 2 is 2.25 bits per heavy atom. The van der Waals surface area contributed by atoms with Gasteiger partial charge in [-0.3, -0.25) is 5.32 Å². The molecule has 3 aromatic rings. The molecule has 1 aliphatic heterocycles. The van der Waals surface area contributed by atoms with Crippen LogP contribution in [0.1, 0.15) is 36.3 Å². The number of hydrogen-bond acceptors (Lipinski definition) is 6. The third-order valence-electron chi connectivity index (χ3n) is 4.97. The van der Waals surface area contributed by atoms with Crippen LogP contribution < -0.4 is 5.32 Å². The molecule has 1 aliphatic rings. The lowest BCUT2D eigenvalue weighted by molar-refractivity contribution is 0.187. The topological polar surface area (TPSA) is 91.2 Å². The number of nitrogens with one attached hydrogen (secondary N) is 1. The second-order valence-electron chi connectivity index (χ2n) is 6.87. The van der Waals surface area contributed by atoms with Crippen molar-refractivity contribution in [2.45, 2.75) is 32.6 Å². The molecule has 0 aliphatic carbocycles. The van der Waals surface area contributed by atoms with E-state index in [2.05, 4.69) is 33.1 Å². The molecule has 28 heavy (non-hydrogen) atoms. The van der Waals surface area contributed by atoms with Crippen LogP contribution in [0.15, 0.2) is 24.5 Å². The van der Waals surface area contributed by atoms with E-state index in [0.717, 1.165) is 53.3 Å². The van der Waals surface area contributed by atoms with E-state index >= 15 is 0 Å². The van der Waals surface area contributed by atoms with Crippen LogP contribution in [0.5, 0.6) is 0 Å². The van der Waals surface area contributed by atoms with Gasteiger partial charge in [0.05, 0.1) is 19.2 Å². The molecule has 4 heterocycles. The molecular weight excluding hydrogens is 358 g/mol. The molecule has 0 aromatic carbocycles. The number of anilines is 1. The maximum absolute atomic E-state index is 11.6. The van der Waals surface area contributed by atoms with E-state index < -0.39 is 6.09 Å². The summed E-state index contributed by atoms with van der Waals surface area (Å²) in [6, 6.07) is 3.80. The van der Waals surface area contributed by atoms with Crippen LogP contribution >= 0.6 is 0 Å². The second-order valence-corrected chi connectivity index (χ2v) is 6.87. The van der Waals surface area contributed by atoms with Crippen LogP contribution in [0.25, 0.3) is 16.7 Å². The van der Waals surface area contributed by atoms with E-state index in [0.29, 0.717) is 12.4 Å². The van der Waals surface area contributed by atoms with Crippen molar-refractivity contribution in [1.82, 2.24) is 19.5 Å².